The van der Waals surface area contributed by atoms with E-state index < -0.39 is 5.97 Å². The van der Waals surface area contributed by atoms with Crippen LogP contribution in [0.4, 0.5) is 0 Å². The fourth-order valence-electron chi connectivity index (χ4n) is 2.16. The first kappa shape index (κ1) is 18.7. The van der Waals surface area contributed by atoms with E-state index in [4.69, 9.17) is 5.11 Å². The number of carboxylic acid groups (broad SMARTS) is 1. The van der Waals surface area contributed by atoms with Crippen molar-refractivity contribution >= 4 is 17.7 Å². The van der Waals surface area contributed by atoms with Crippen LogP contribution >= 0.6 is 11.8 Å². The smallest absolute Gasteiger partial charge is 0.304 e. The third-order valence-electron chi connectivity index (χ3n) is 3.41. The van der Waals surface area contributed by atoms with Crippen LogP contribution in [0.1, 0.15) is 59.1 Å². The van der Waals surface area contributed by atoms with Crippen molar-refractivity contribution in [3.8, 4) is 11.5 Å². The van der Waals surface area contributed by atoms with Gasteiger partial charge in [-0.3, -0.25) is 4.79 Å². The summed E-state index contributed by atoms with van der Waals surface area (Å²) in [6.07, 6.45) is 0.00940. The van der Waals surface area contributed by atoms with Crippen molar-refractivity contribution in [1.29, 1.82) is 0 Å². The van der Waals surface area contributed by atoms with E-state index in [-0.39, 0.29) is 28.7 Å². The number of aromatic hydroxyl groups is 2. The second kappa shape index (κ2) is 6.41. The Balaban J connectivity index is 3.42. The van der Waals surface area contributed by atoms with Crippen LogP contribution < -0.4 is 0 Å². The zero-order valence-corrected chi connectivity index (χ0v) is 15.0. The summed E-state index contributed by atoms with van der Waals surface area (Å²) in [5.74, 6) is -0.786. The summed E-state index contributed by atoms with van der Waals surface area (Å²) < 4.78 is 0. The lowest BCUT2D eigenvalue weighted by Gasteiger charge is -2.29. The Hall–Kier alpha value is -1.36. The van der Waals surface area contributed by atoms with Crippen LogP contribution in [0, 0.1) is 0 Å². The molecule has 0 heterocycles. The predicted octanol–water partition coefficient (Wildman–Crippen LogP) is 4.26. The minimum Gasteiger partial charge on any atom is -0.504 e. The van der Waals surface area contributed by atoms with Gasteiger partial charge in [0, 0.05) is 11.3 Å². The van der Waals surface area contributed by atoms with Crippen LogP contribution in [-0.4, -0.2) is 27.0 Å². The quantitative estimate of drug-likeness (QED) is 0.569. The van der Waals surface area contributed by atoms with Gasteiger partial charge in [-0.05, 0) is 22.5 Å². The van der Waals surface area contributed by atoms with Gasteiger partial charge in [-0.2, -0.15) is 0 Å². The molecule has 0 spiro atoms. The molecule has 1 aromatic rings. The van der Waals surface area contributed by atoms with E-state index in [0.717, 1.165) is 5.56 Å². The molecule has 0 aliphatic rings. The summed E-state index contributed by atoms with van der Waals surface area (Å²) in [7, 11) is 0. The Labute approximate surface area is 136 Å². The minimum atomic E-state index is -0.875. The average molecular weight is 326 g/mol. The molecule has 0 aromatic heterocycles. The van der Waals surface area contributed by atoms with Crippen molar-refractivity contribution in [2.24, 2.45) is 0 Å². The summed E-state index contributed by atoms with van der Waals surface area (Å²) in [5, 5.41) is 29.5. The average Bonchev–Trinajstić information content (AvgIpc) is 2.30. The number of benzene rings is 1. The molecule has 0 aliphatic carbocycles. The number of carboxylic acids is 1. The minimum absolute atomic E-state index is 0.00940. The Morgan fingerprint density at radius 1 is 1.00 bits per heavy atom. The molecule has 124 valence electrons. The van der Waals surface area contributed by atoms with Crippen molar-refractivity contribution in [3.63, 3.8) is 0 Å². The van der Waals surface area contributed by atoms with E-state index in [1.54, 1.807) is 0 Å². The van der Waals surface area contributed by atoms with Gasteiger partial charge >= 0.3 is 5.97 Å². The highest BCUT2D eigenvalue weighted by Gasteiger charge is 2.29. The molecule has 1 aromatic carbocycles. The molecule has 0 fully saturated rings. The Bertz CT molecular complexity index is 565. The second-order valence-corrected chi connectivity index (χ2v) is 8.60. The lowest BCUT2D eigenvalue weighted by molar-refractivity contribution is -0.136. The standard InChI is InChI=1S/C17H26O4S/c1-16(2,3)10-9-11(17(4,5)6)15(14(21)13(10)20)22-8-7-12(18)19/h9,20-21H,7-8H2,1-6H3,(H,18,19). The van der Waals surface area contributed by atoms with Gasteiger partial charge < -0.3 is 15.3 Å². The van der Waals surface area contributed by atoms with Gasteiger partial charge in [-0.15, -0.1) is 11.8 Å². The first-order valence-corrected chi connectivity index (χ1v) is 8.28. The number of carbonyl (C=O) groups is 1. The molecular formula is C17H26O4S. The van der Waals surface area contributed by atoms with Crippen LogP contribution in [0.3, 0.4) is 0 Å². The van der Waals surface area contributed by atoms with Crippen molar-refractivity contribution in [3.05, 3.63) is 17.2 Å². The van der Waals surface area contributed by atoms with Gasteiger partial charge in [0.15, 0.2) is 11.5 Å². The highest BCUT2D eigenvalue weighted by molar-refractivity contribution is 7.99. The van der Waals surface area contributed by atoms with E-state index in [2.05, 4.69) is 0 Å². The summed E-state index contributed by atoms with van der Waals surface area (Å²) >= 11 is 1.27. The van der Waals surface area contributed by atoms with Gasteiger partial charge in [0.1, 0.15) is 0 Å². The Morgan fingerprint density at radius 2 is 1.50 bits per heavy atom. The molecule has 22 heavy (non-hydrogen) atoms. The first-order chi connectivity index (χ1) is 9.85. The summed E-state index contributed by atoms with van der Waals surface area (Å²) in [6.45, 7) is 12.0. The molecule has 0 amide bonds. The van der Waals surface area contributed by atoms with Crippen LogP contribution in [0.2, 0.25) is 0 Å². The van der Waals surface area contributed by atoms with Crippen molar-refractivity contribution in [2.75, 3.05) is 5.75 Å². The number of hydrogen-bond donors (Lipinski definition) is 3. The third kappa shape index (κ3) is 4.32. The monoisotopic (exact) mass is 326 g/mol. The topological polar surface area (TPSA) is 77.8 Å². The number of hydrogen-bond acceptors (Lipinski definition) is 4. The molecule has 5 heteroatoms. The molecule has 0 saturated heterocycles. The summed E-state index contributed by atoms with van der Waals surface area (Å²) in [4.78, 5) is 11.3. The number of phenols is 2. The molecule has 1 rings (SSSR count). The SMILES string of the molecule is CC(C)(C)c1cc(C(C)(C)C)c(SCCC(=O)O)c(O)c1O. The Kier molecular flexibility index (Phi) is 5.44. The largest absolute Gasteiger partial charge is 0.504 e. The lowest BCUT2D eigenvalue weighted by atomic mass is 9.80. The summed E-state index contributed by atoms with van der Waals surface area (Å²) in [5.41, 5.74) is 1.09. The first-order valence-electron chi connectivity index (χ1n) is 7.30. The number of phenolic OH excluding ortho intramolecular Hbond substituents is 2. The second-order valence-electron chi connectivity index (χ2n) is 7.49. The van der Waals surface area contributed by atoms with Crippen molar-refractivity contribution < 1.29 is 20.1 Å². The number of aliphatic carboxylic acids is 1. The molecule has 0 unspecified atom stereocenters. The van der Waals surface area contributed by atoms with E-state index in [0.29, 0.717) is 16.2 Å². The molecule has 0 saturated carbocycles. The fraction of sp³-hybridized carbons (Fsp3) is 0.588. The predicted molar refractivity (Wildman–Crippen MR) is 90.1 cm³/mol. The fourth-order valence-corrected chi connectivity index (χ4v) is 3.39. The molecule has 0 radical (unpaired) electrons. The van der Waals surface area contributed by atoms with Crippen LogP contribution in [-0.2, 0) is 15.6 Å². The van der Waals surface area contributed by atoms with Gasteiger partial charge in [0.05, 0.1) is 11.3 Å². The molecule has 0 aliphatic heterocycles. The van der Waals surface area contributed by atoms with E-state index >= 15 is 0 Å². The van der Waals surface area contributed by atoms with Crippen LogP contribution in [0.25, 0.3) is 0 Å². The Morgan fingerprint density at radius 3 is 1.91 bits per heavy atom. The third-order valence-corrected chi connectivity index (χ3v) is 4.52. The maximum atomic E-state index is 10.7. The molecule has 4 nitrogen and oxygen atoms in total. The van der Waals surface area contributed by atoms with E-state index in [1.165, 1.54) is 11.8 Å². The highest BCUT2D eigenvalue weighted by Crippen LogP contribution is 2.48. The maximum absolute atomic E-state index is 10.7. The highest BCUT2D eigenvalue weighted by atomic mass is 32.2. The zero-order chi connectivity index (χ0) is 17.3. The van der Waals surface area contributed by atoms with Gasteiger partial charge in [0.2, 0.25) is 0 Å². The van der Waals surface area contributed by atoms with E-state index in [1.807, 2.05) is 47.6 Å². The van der Waals surface area contributed by atoms with Crippen LogP contribution in [0.5, 0.6) is 11.5 Å². The van der Waals surface area contributed by atoms with Gasteiger partial charge in [-0.1, -0.05) is 41.5 Å². The van der Waals surface area contributed by atoms with Gasteiger partial charge in [-0.25, -0.2) is 0 Å². The van der Waals surface area contributed by atoms with Crippen molar-refractivity contribution in [1.82, 2.24) is 0 Å². The van der Waals surface area contributed by atoms with Crippen LogP contribution in [0.15, 0.2) is 11.0 Å². The molecule has 0 atom stereocenters. The van der Waals surface area contributed by atoms with Gasteiger partial charge in [0.25, 0.3) is 0 Å². The zero-order valence-electron chi connectivity index (χ0n) is 14.1. The lowest BCUT2D eigenvalue weighted by Crippen LogP contribution is -2.18. The van der Waals surface area contributed by atoms with E-state index in [9.17, 15) is 15.0 Å². The summed E-state index contributed by atoms with van der Waals surface area (Å²) in [6, 6.07) is 1.93. The number of rotatable bonds is 4. The normalized spacial score (nSPS) is 12.5. The molecular weight excluding hydrogens is 300 g/mol. The molecule has 0 bridgehead atoms. The molecule has 3 N–H and O–H groups in total. The van der Waals surface area contributed by atoms with Crippen molar-refractivity contribution in [2.45, 2.75) is 63.7 Å². The number of thioether (sulfide) groups is 1. The maximum Gasteiger partial charge on any atom is 0.304 e.